The average molecular weight is 264 g/mol. The molecule has 0 radical (unpaired) electrons. The van der Waals surface area contributed by atoms with Crippen LogP contribution >= 0.6 is 0 Å². The van der Waals surface area contributed by atoms with E-state index in [-0.39, 0.29) is 0 Å². The molecular formula is C15H28N4. The Labute approximate surface area is 117 Å². The topological polar surface area (TPSA) is 41.1 Å². The molecule has 0 aromatic carbocycles. The van der Waals surface area contributed by atoms with Crippen molar-refractivity contribution in [3.05, 3.63) is 17.5 Å². The van der Waals surface area contributed by atoms with Crippen LogP contribution in [0.4, 0.5) is 5.95 Å². The third kappa shape index (κ3) is 4.78. The molecule has 0 spiro atoms. The third-order valence-electron chi connectivity index (χ3n) is 3.53. The second-order valence-electron chi connectivity index (χ2n) is 5.11. The Bertz CT molecular complexity index is 378. The number of anilines is 1. The minimum Gasteiger partial charge on any atom is -0.341 e. The number of rotatable bonds is 8. The first-order valence-corrected chi connectivity index (χ1v) is 7.40. The molecule has 1 unspecified atom stereocenters. The molecule has 1 aromatic heterocycles. The Balaban J connectivity index is 2.79. The van der Waals surface area contributed by atoms with Crippen molar-refractivity contribution in [1.82, 2.24) is 15.3 Å². The van der Waals surface area contributed by atoms with Gasteiger partial charge in [-0.2, -0.15) is 0 Å². The molecule has 1 N–H and O–H groups in total. The Kier molecular flexibility index (Phi) is 6.78. The lowest BCUT2D eigenvalue weighted by Crippen LogP contribution is -2.30. The predicted molar refractivity (Wildman–Crippen MR) is 81.5 cm³/mol. The van der Waals surface area contributed by atoms with E-state index >= 15 is 0 Å². The zero-order valence-electron chi connectivity index (χ0n) is 13.0. The lowest BCUT2D eigenvalue weighted by atomic mass is 10.1. The summed E-state index contributed by atoms with van der Waals surface area (Å²) >= 11 is 0. The van der Waals surface area contributed by atoms with Crippen LogP contribution in [0.15, 0.2) is 6.20 Å². The van der Waals surface area contributed by atoms with Crippen molar-refractivity contribution in [3.8, 4) is 0 Å². The monoisotopic (exact) mass is 264 g/mol. The number of nitrogens with zero attached hydrogens (tertiary/aromatic N) is 3. The molecule has 4 heteroatoms. The highest BCUT2D eigenvalue weighted by Gasteiger charge is 2.12. The van der Waals surface area contributed by atoms with E-state index in [4.69, 9.17) is 0 Å². The highest BCUT2D eigenvalue weighted by atomic mass is 15.2. The van der Waals surface area contributed by atoms with Gasteiger partial charge < -0.3 is 10.2 Å². The van der Waals surface area contributed by atoms with Crippen LogP contribution in [0, 0.1) is 12.8 Å². The summed E-state index contributed by atoms with van der Waals surface area (Å²) < 4.78 is 0. The molecule has 108 valence electrons. The summed E-state index contributed by atoms with van der Waals surface area (Å²) in [6.07, 6.45) is 3.15. The van der Waals surface area contributed by atoms with Crippen molar-refractivity contribution in [2.45, 2.75) is 47.6 Å². The van der Waals surface area contributed by atoms with E-state index in [0.717, 1.165) is 37.8 Å². The molecule has 0 aliphatic carbocycles. The molecule has 0 aliphatic rings. The van der Waals surface area contributed by atoms with E-state index in [1.807, 2.05) is 6.20 Å². The quantitative estimate of drug-likeness (QED) is 0.784. The SMILES string of the molecule is CCNCc1cnc(N(CC)CC(C)CC)nc1C. The summed E-state index contributed by atoms with van der Waals surface area (Å²) in [7, 11) is 0. The van der Waals surface area contributed by atoms with Gasteiger partial charge in [0.1, 0.15) is 0 Å². The Morgan fingerprint density at radius 1 is 1.32 bits per heavy atom. The maximum absolute atomic E-state index is 4.66. The fourth-order valence-corrected chi connectivity index (χ4v) is 1.92. The Morgan fingerprint density at radius 3 is 2.58 bits per heavy atom. The zero-order chi connectivity index (χ0) is 14.3. The molecule has 0 saturated carbocycles. The van der Waals surface area contributed by atoms with Crippen LogP contribution in [-0.4, -0.2) is 29.6 Å². The van der Waals surface area contributed by atoms with Gasteiger partial charge in [0.2, 0.25) is 5.95 Å². The van der Waals surface area contributed by atoms with Crippen LogP contribution < -0.4 is 10.2 Å². The Hall–Kier alpha value is -1.16. The molecule has 4 nitrogen and oxygen atoms in total. The lowest BCUT2D eigenvalue weighted by Gasteiger charge is -2.24. The van der Waals surface area contributed by atoms with Gasteiger partial charge in [0.05, 0.1) is 0 Å². The molecule has 0 fully saturated rings. The first-order chi connectivity index (χ1) is 9.12. The van der Waals surface area contributed by atoms with Gasteiger partial charge in [0.15, 0.2) is 0 Å². The number of aromatic nitrogens is 2. The van der Waals surface area contributed by atoms with Crippen molar-refractivity contribution in [3.63, 3.8) is 0 Å². The minimum absolute atomic E-state index is 0.672. The fourth-order valence-electron chi connectivity index (χ4n) is 1.92. The first-order valence-electron chi connectivity index (χ1n) is 7.40. The highest BCUT2D eigenvalue weighted by molar-refractivity contribution is 5.32. The van der Waals surface area contributed by atoms with Gasteiger partial charge in [0, 0.05) is 37.1 Å². The van der Waals surface area contributed by atoms with Gasteiger partial charge >= 0.3 is 0 Å². The van der Waals surface area contributed by atoms with E-state index in [9.17, 15) is 0 Å². The predicted octanol–water partition coefficient (Wildman–Crippen LogP) is 2.77. The van der Waals surface area contributed by atoms with E-state index in [2.05, 4.69) is 54.8 Å². The maximum atomic E-state index is 4.66. The molecule has 1 aromatic rings. The van der Waals surface area contributed by atoms with Gasteiger partial charge in [0.25, 0.3) is 0 Å². The summed E-state index contributed by atoms with van der Waals surface area (Å²) in [5, 5.41) is 3.32. The average Bonchev–Trinajstić information content (AvgIpc) is 2.43. The molecule has 0 saturated heterocycles. The first kappa shape index (κ1) is 15.9. The molecule has 1 heterocycles. The van der Waals surface area contributed by atoms with Crippen molar-refractivity contribution in [2.75, 3.05) is 24.5 Å². The molecular weight excluding hydrogens is 236 g/mol. The van der Waals surface area contributed by atoms with Crippen molar-refractivity contribution in [1.29, 1.82) is 0 Å². The van der Waals surface area contributed by atoms with E-state index < -0.39 is 0 Å². The summed E-state index contributed by atoms with van der Waals surface area (Å²) in [5.74, 6) is 1.53. The van der Waals surface area contributed by atoms with Crippen LogP contribution in [0.5, 0.6) is 0 Å². The third-order valence-corrected chi connectivity index (χ3v) is 3.53. The molecule has 0 aliphatic heterocycles. The summed E-state index contributed by atoms with van der Waals surface area (Å²) in [4.78, 5) is 11.4. The van der Waals surface area contributed by atoms with E-state index in [1.165, 1.54) is 12.0 Å². The van der Waals surface area contributed by atoms with E-state index in [0.29, 0.717) is 5.92 Å². The van der Waals surface area contributed by atoms with E-state index in [1.54, 1.807) is 0 Å². The molecule has 0 amide bonds. The van der Waals surface area contributed by atoms with Crippen LogP contribution in [0.1, 0.15) is 45.4 Å². The minimum atomic E-state index is 0.672. The maximum Gasteiger partial charge on any atom is 0.225 e. The number of hydrogen-bond donors (Lipinski definition) is 1. The Morgan fingerprint density at radius 2 is 2.05 bits per heavy atom. The van der Waals surface area contributed by atoms with Gasteiger partial charge in [-0.05, 0) is 26.3 Å². The van der Waals surface area contributed by atoms with Crippen molar-refractivity contribution < 1.29 is 0 Å². The summed E-state index contributed by atoms with van der Waals surface area (Å²) in [5.41, 5.74) is 2.26. The van der Waals surface area contributed by atoms with Gasteiger partial charge in [-0.25, -0.2) is 9.97 Å². The van der Waals surface area contributed by atoms with Crippen molar-refractivity contribution >= 4 is 5.95 Å². The molecule has 19 heavy (non-hydrogen) atoms. The zero-order valence-corrected chi connectivity index (χ0v) is 13.0. The molecule has 1 rings (SSSR count). The standard InChI is InChI=1S/C15H28N4/c1-6-12(4)11-19(8-3)15-17-10-14(9-16-7-2)13(5)18-15/h10,12,16H,6-9,11H2,1-5H3. The second kappa shape index (κ2) is 8.10. The number of aryl methyl sites for hydroxylation is 1. The summed E-state index contributed by atoms with van der Waals surface area (Å²) in [6, 6.07) is 0. The normalized spacial score (nSPS) is 12.5. The number of hydrogen-bond acceptors (Lipinski definition) is 4. The van der Waals surface area contributed by atoms with Crippen molar-refractivity contribution in [2.24, 2.45) is 5.92 Å². The smallest absolute Gasteiger partial charge is 0.225 e. The second-order valence-corrected chi connectivity index (χ2v) is 5.11. The number of nitrogens with one attached hydrogen (secondary N) is 1. The van der Waals surface area contributed by atoms with Crippen LogP contribution in [-0.2, 0) is 6.54 Å². The van der Waals surface area contributed by atoms with Gasteiger partial charge in [-0.3, -0.25) is 0 Å². The summed E-state index contributed by atoms with van der Waals surface area (Å²) in [6.45, 7) is 14.6. The van der Waals surface area contributed by atoms with Crippen LogP contribution in [0.3, 0.4) is 0 Å². The fraction of sp³-hybridized carbons (Fsp3) is 0.733. The van der Waals surface area contributed by atoms with Crippen LogP contribution in [0.25, 0.3) is 0 Å². The highest BCUT2D eigenvalue weighted by Crippen LogP contribution is 2.14. The molecule has 1 atom stereocenters. The molecule has 0 bridgehead atoms. The van der Waals surface area contributed by atoms with Gasteiger partial charge in [-0.15, -0.1) is 0 Å². The largest absolute Gasteiger partial charge is 0.341 e. The lowest BCUT2D eigenvalue weighted by molar-refractivity contribution is 0.542. The van der Waals surface area contributed by atoms with Gasteiger partial charge in [-0.1, -0.05) is 27.2 Å². The van der Waals surface area contributed by atoms with Crippen LogP contribution in [0.2, 0.25) is 0 Å².